The SMILES string of the molecule is CC(C)(C)OC(=O)N1CCCC1C1=NC2(C)CC=C(C3CCC(c4ccc5nc(C6CCCN6C(=O)OC(C)(C)C)[nH]c5c4)N3c3ccc(F)cc3)C=C2N1. The van der Waals surface area contributed by atoms with E-state index in [1.807, 2.05) is 58.6 Å². The van der Waals surface area contributed by atoms with Gasteiger partial charge in [0.1, 0.15) is 34.2 Å². The third kappa shape index (κ3) is 7.32. The molecule has 3 fully saturated rings. The second-order valence-electron chi connectivity index (χ2n) is 17.9. The van der Waals surface area contributed by atoms with Gasteiger partial charge in [0.05, 0.1) is 35.2 Å². The summed E-state index contributed by atoms with van der Waals surface area (Å²) in [4.78, 5) is 46.0. The lowest BCUT2D eigenvalue weighted by Crippen LogP contribution is -2.46. The third-order valence-corrected chi connectivity index (χ3v) is 11.5. The predicted molar refractivity (Wildman–Crippen MR) is 211 cm³/mol. The Bertz CT molecular complexity index is 2080. The fourth-order valence-electron chi connectivity index (χ4n) is 8.94. The number of benzene rings is 2. The highest BCUT2D eigenvalue weighted by Gasteiger charge is 2.45. The smallest absolute Gasteiger partial charge is 0.410 e. The molecule has 55 heavy (non-hydrogen) atoms. The van der Waals surface area contributed by atoms with Crippen LogP contribution in [-0.2, 0) is 9.47 Å². The lowest BCUT2D eigenvalue weighted by atomic mass is 9.85. The Kier molecular flexibility index (Phi) is 9.24. The molecule has 1 aliphatic carbocycles. The molecule has 0 radical (unpaired) electrons. The molecule has 11 nitrogen and oxygen atoms in total. The Balaban J connectivity index is 1.05. The van der Waals surface area contributed by atoms with Crippen molar-refractivity contribution in [2.75, 3.05) is 18.0 Å². The molecule has 5 heterocycles. The van der Waals surface area contributed by atoms with Crippen LogP contribution in [0.5, 0.6) is 0 Å². The molecule has 2 amide bonds. The van der Waals surface area contributed by atoms with Gasteiger partial charge in [0, 0.05) is 24.5 Å². The maximum atomic E-state index is 14.3. The van der Waals surface area contributed by atoms with Crippen LogP contribution in [0.4, 0.5) is 19.7 Å². The van der Waals surface area contributed by atoms with Crippen LogP contribution < -0.4 is 10.2 Å². The number of nitrogens with zero attached hydrogens (tertiary/aromatic N) is 5. The van der Waals surface area contributed by atoms with Crippen LogP contribution in [0.2, 0.25) is 0 Å². The van der Waals surface area contributed by atoms with Crippen molar-refractivity contribution in [3.63, 3.8) is 0 Å². The number of carbonyl (C=O) groups excluding carboxylic acids is 2. The molecule has 3 aromatic rings. The van der Waals surface area contributed by atoms with Crippen LogP contribution in [0.1, 0.15) is 117 Å². The zero-order valence-corrected chi connectivity index (χ0v) is 33.1. The number of nitrogens with one attached hydrogen (secondary N) is 2. The summed E-state index contributed by atoms with van der Waals surface area (Å²) >= 11 is 0. The average molecular weight is 752 g/mol. The number of carbonyl (C=O) groups is 2. The molecule has 1 aromatic heterocycles. The maximum absolute atomic E-state index is 14.3. The zero-order valence-electron chi connectivity index (χ0n) is 33.1. The number of aromatic amines is 1. The summed E-state index contributed by atoms with van der Waals surface area (Å²) in [7, 11) is 0. The number of anilines is 1. The molecule has 4 aliphatic heterocycles. The molecule has 3 saturated heterocycles. The van der Waals surface area contributed by atoms with Crippen molar-refractivity contribution in [1.29, 1.82) is 0 Å². The number of halogens is 1. The number of rotatable bonds is 5. The first-order valence-electron chi connectivity index (χ1n) is 19.9. The molecule has 2 aromatic carbocycles. The first kappa shape index (κ1) is 37.1. The maximum Gasteiger partial charge on any atom is 0.410 e. The van der Waals surface area contributed by atoms with Crippen LogP contribution in [0.15, 0.2) is 70.9 Å². The number of likely N-dealkylation sites (tertiary alicyclic amines) is 2. The van der Waals surface area contributed by atoms with Gasteiger partial charge in [-0.3, -0.25) is 14.8 Å². The van der Waals surface area contributed by atoms with E-state index in [-0.39, 0.29) is 42.2 Å². The minimum atomic E-state index is -0.572. The molecule has 0 saturated carbocycles. The molecule has 2 N–H and O–H groups in total. The van der Waals surface area contributed by atoms with Crippen molar-refractivity contribution in [2.45, 2.75) is 134 Å². The number of hydrogen-bond acceptors (Lipinski definition) is 8. The van der Waals surface area contributed by atoms with E-state index < -0.39 is 16.7 Å². The molecule has 5 aliphatic rings. The highest BCUT2D eigenvalue weighted by Crippen LogP contribution is 2.46. The summed E-state index contributed by atoms with van der Waals surface area (Å²) in [6.45, 7) is 14.8. The van der Waals surface area contributed by atoms with Crippen molar-refractivity contribution >= 4 is 34.7 Å². The number of aromatic nitrogens is 2. The second-order valence-corrected chi connectivity index (χ2v) is 17.9. The van der Waals surface area contributed by atoms with Crippen LogP contribution in [0, 0.1) is 5.82 Å². The quantitative estimate of drug-likeness (QED) is 0.268. The summed E-state index contributed by atoms with van der Waals surface area (Å²) in [6, 6.07) is 13.0. The monoisotopic (exact) mass is 751 g/mol. The summed E-state index contributed by atoms with van der Waals surface area (Å²) in [6.07, 6.45) is 9.94. The largest absolute Gasteiger partial charge is 0.444 e. The highest BCUT2D eigenvalue weighted by atomic mass is 19.1. The van der Waals surface area contributed by atoms with E-state index in [2.05, 4.69) is 52.5 Å². The van der Waals surface area contributed by atoms with Gasteiger partial charge in [0.15, 0.2) is 0 Å². The van der Waals surface area contributed by atoms with E-state index in [4.69, 9.17) is 19.5 Å². The fraction of sp³-hybridized carbons (Fsp3) is 0.535. The average Bonchev–Trinajstić information content (AvgIpc) is 3.94. The van der Waals surface area contributed by atoms with Crippen LogP contribution in [-0.4, -0.2) is 79.7 Å². The van der Waals surface area contributed by atoms with Gasteiger partial charge < -0.3 is 24.7 Å². The normalized spacial score (nSPS) is 26.8. The lowest BCUT2D eigenvalue weighted by Gasteiger charge is -2.36. The molecular formula is C43H54FN7O4. The summed E-state index contributed by atoms with van der Waals surface area (Å²) in [5.41, 5.74) is 4.54. The number of amidine groups is 1. The van der Waals surface area contributed by atoms with Gasteiger partial charge in [-0.15, -0.1) is 0 Å². The highest BCUT2D eigenvalue weighted by molar-refractivity contribution is 5.95. The van der Waals surface area contributed by atoms with Gasteiger partial charge in [-0.25, -0.2) is 19.0 Å². The number of H-pyrrole nitrogens is 1. The summed E-state index contributed by atoms with van der Waals surface area (Å²) in [5, 5.41) is 3.66. The first-order chi connectivity index (χ1) is 26.0. The van der Waals surface area contributed by atoms with E-state index >= 15 is 0 Å². The topological polar surface area (TPSA) is 115 Å². The number of imidazole rings is 1. The molecule has 8 rings (SSSR count). The molecule has 292 valence electrons. The molecule has 12 heteroatoms. The van der Waals surface area contributed by atoms with Gasteiger partial charge in [-0.05, 0) is 147 Å². The molecular weight excluding hydrogens is 698 g/mol. The van der Waals surface area contributed by atoms with E-state index in [1.165, 1.54) is 17.7 Å². The van der Waals surface area contributed by atoms with Crippen LogP contribution >= 0.6 is 0 Å². The number of fused-ring (bicyclic) bond motifs is 2. The van der Waals surface area contributed by atoms with Crippen LogP contribution in [0.3, 0.4) is 0 Å². The first-order valence-corrected chi connectivity index (χ1v) is 19.9. The molecule has 5 unspecified atom stereocenters. The van der Waals surface area contributed by atoms with Crippen molar-refractivity contribution in [3.8, 4) is 0 Å². The van der Waals surface area contributed by atoms with E-state index in [1.54, 1.807) is 4.90 Å². The Morgan fingerprint density at radius 3 is 2.15 bits per heavy atom. The van der Waals surface area contributed by atoms with Crippen molar-refractivity contribution in [2.24, 2.45) is 4.99 Å². The Labute approximate surface area is 323 Å². The Morgan fingerprint density at radius 2 is 1.47 bits per heavy atom. The van der Waals surface area contributed by atoms with Crippen molar-refractivity contribution in [1.82, 2.24) is 25.1 Å². The molecule has 0 bridgehead atoms. The van der Waals surface area contributed by atoms with Gasteiger partial charge in [-0.1, -0.05) is 12.1 Å². The number of aliphatic imine (C=N–C) groups is 1. The summed E-state index contributed by atoms with van der Waals surface area (Å²) in [5.74, 6) is 1.33. The van der Waals surface area contributed by atoms with Crippen LogP contribution in [0.25, 0.3) is 11.0 Å². The third-order valence-electron chi connectivity index (χ3n) is 11.5. The van der Waals surface area contributed by atoms with Crippen molar-refractivity contribution < 1.29 is 23.5 Å². The van der Waals surface area contributed by atoms with E-state index in [0.29, 0.717) is 13.1 Å². The van der Waals surface area contributed by atoms with Gasteiger partial charge in [-0.2, -0.15) is 0 Å². The van der Waals surface area contributed by atoms with Gasteiger partial charge >= 0.3 is 12.2 Å². The minimum absolute atomic E-state index is 0.0354. The van der Waals surface area contributed by atoms with Gasteiger partial charge in [0.25, 0.3) is 0 Å². The number of hydrogen-bond donors (Lipinski definition) is 2. The fourth-order valence-corrected chi connectivity index (χ4v) is 8.94. The Hall–Kier alpha value is -4.87. The van der Waals surface area contributed by atoms with Gasteiger partial charge in [0.2, 0.25) is 0 Å². The van der Waals surface area contributed by atoms with E-state index in [0.717, 1.165) is 84.6 Å². The molecule has 0 spiro atoms. The second kappa shape index (κ2) is 13.7. The molecule has 5 atom stereocenters. The van der Waals surface area contributed by atoms with Crippen molar-refractivity contribution in [3.05, 3.63) is 83.1 Å². The standard InChI is InChI=1S/C43H54FN7O4/c1-41(2,3)54-39(52)49-22-8-10-34(49)37-45-30-17-12-26(24-31(30)46-37)32-18-19-33(51(32)29-15-13-28(44)14-16-29)27-20-21-43(7)36(25-27)47-38(48-43)35-11-9-23-50(35)40(53)55-42(4,5)6/h12-17,20,24-25,32-35H,8-11,18-19,21-23H2,1-7H3,(H,45,46)(H,47,48). The lowest BCUT2D eigenvalue weighted by molar-refractivity contribution is 0.0216. The minimum Gasteiger partial charge on any atom is -0.444 e. The number of ether oxygens (including phenoxy) is 2. The Morgan fingerprint density at radius 1 is 0.836 bits per heavy atom. The zero-order chi connectivity index (χ0) is 38.9. The van der Waals surface area contributed by atoms with E-state index in [9.17, 15) is 14.0 Å². The summed E-state index contributed by atoms with van der Waals surface area (Å²) < 4.78 is 25.8. The predicted octanol–water partition coefficient (Wildman–Crippen LogP) is 8.86. The number of amides is 2.